The van der Waals surface area contributed by atoms with Gasteiger partial charge in [-0.2, -0.15) is 22.0 Å². The number of halogens is 5. The highest BCUT2D eigenvalue weighted by Crippen LogP contribution is 2.37. The van der Waals surface area contributed by atoms with E-state index in [9.17, 15) is 26.7 Å². The number of carboxylic acids is 1. The first-order valence-electron chi connectivity index (χ1n) is 2.93. The van der Waals surface area contributed by atoms with Crippen molar-refractivity contribution in [1.82, 2.24) is 0 Å². The summed E-state index contributed by atoms with van der Waals surface area (Å²) < 4.78 is 61.0. The molecule has 3 nitrogen and oxygen atoms in total. The largest absolute Gasteiger partial charge is 0.482 e. The molecule has 0 radical (unpaired) electrons. The Labute approximate surface area is 69.1 Å². The van der Waals surface area contributed by atoms with Gasteiger partial charge in [0.25, 0.3) is 0 Å². The number of carboxylic acid groups (broad SMARTS) is 1. The molecule has 78 valence electrons. The summed E-state index contributed by atoms with van der Waals surface area (Å²) in [6, 6.07) is 0. The molecule has 0 aromatic rings. The highest BCUT2D eigenvalue weighted by molar-refractivity contribution is 5.71. The second-order valence-corrected chi connectivity index (χ2v) is 2.11. The zero-order valence-corrected chi connectivity index (χ0v) is 6.23. The van der Waals surface area contributed by atoms with Crippen LogP contribution in [0.4, 0.5) is 22.0 Å². The lowest BCUT2D eigenvalue weighted by atomic mass is 10.4. The van der Waals surface area contributed by atoms with E-state index in [1.165, 1.54) is 0 Å². The van der Waals surface area contributed by atoms with E-state index >= 15 is 0 Å². The van der Waals surface area contributed by atoms with Crippen molar-refractivity contribution in [1.29, 1.82) is 0 Å². The van der Waals surface area contributed by atoms with E-state index in [0.717, 1.165) is 0 Å². The molecule has 0 heterocycles. The van der Waals surface area contributed by atoms with Crippen LogP contribution in [0.5, 0.6) is 0 Å². The van der Waals surface area contributed by atoms with Crippen LogP contribution < -0.4 is 0 Å². The first kappa shape index (κ1) is 12.1. The predicted octanol–water partition coefficient (Wildman–Crippen LogP) is 1.63. The van der Waals surface area contributed by atoms with Crippen LogP contribution in [-0.2, 0) is 9.53 Å². The second kappa shape index (κ2) is 3.44. The normalized spacial score (nSPS) is 15.5. The second-order valence-electron chi connectivity index (χ2n) is 2.11. The summed E-state index contributed by atoms with van der Waals surface area (Å²) in [5.74, 6) is -1.90. The maximum Gasteiger partial charge on any atom is 0.482 e. The Morgan fingerprint density at radius 3 is 1.92 bits per heavy atom. The molecule has 0 aromatic heterocycles. The number of hydrogen-bond acceptors (Lipinski definition) is 2. The molecule has 1 unspecified atom stereocenters. The number of hydrogen-bond donors (Lipinski definition) is 1. The third-order valence-electron chi connectivity index (χ3n) is 1.00. The van der Waals surface area contributed by atoms with Gasteiger partial charge in [0.15, 0.2) is 6.10 Å². The Kier molecular flexibility index (Phi) is 3.20. The average Bonchev–Trinajstić information content (AvgIpc) is 1.83. The fourth-order valence-electron chi connectivity index (χ4n) is 0.339. The number of alkyl halides is 5. The summed E-state index contributed by atoms with van der Waals surface area (Å²) in [4.78, 5) is 9.88. The predicted molar refractivity (Wildman–Crippen MR) is 29.2 cm³/mol. The zero-order valence-electron chi connectivity index (χ0n) is 6.23. The average molecular weight is 208 g/mol. The van der Waals surface area contributed by atoms with Crippen molar-refractivity contribution in [3.05, 3.63) is 0 Å². The van der Waals surface area contributed by atoms with Gasteiger partial charge in [0, 0.05) is 0 Å². The fraction of sp³-hybridized carbons (Fsp3) is 0.800. The third kappa shape index (κ3) is 3.13. The van der Waals surface area contributed by atoms with Crippen molar-refractivity contribution >= 4 is 5.97 Å². The van der Waals surface area contributed by atoms with Gasteiger partial charge in [0.1, 0.15) is 0 Å². The van der Waals surface area contributed by atoms with Gasteiger partial charge in [-0.1, -0.05) is 0 Å². The molecule has 0 amide bonds. The third-order valence-corrected chi connectivity index (χ3v) is 1.00. The fourth-order valence-corrected chi connectivity index (χ4v) is 0.339. The molecular weight excluding hydrogens is 203 g/mol. The van der Waals surface area contributed by atoms with Gasteiger partial charge < -0.3 is 5.11 Å². The lowest BCUT2D eigenvalue weighted by molar-refractivity contribution is -0.398. The van der Waals surface area contributed by atoms with E-state index in [1.54, 1.807) is 0 Å². The molecule has 13 heavy (non-hydrogen) atoms. The van der Waals surface area contributed by atoms with Crippen LogP contribution in [0.15, 0.2) is 0 Å². The van der Waals surface area contributed by atoms with Crippen molar-refractivity contribution in [3.63, 3.8) is 0 Å². The van der Waals surface area contributed by atoms with Crippen molar-refractivity contribution in [2.75, 3.05) is 0 Å². The van der Waals surface area contributed by atoms with Gasteiger partial charge in [-0.05, 0) is 6.92 Å². The van der Waals surface area contributed by atoms with Crippen LogP contribution in [0, 0.1) is 0 Å². The van der Waals surface area contributed by atoms with Crippen LogP contribution in [0.2, 0.25) is 0 Å². The maximum atomic E-state index is 11.9. The van der Waals surface area contributed by atoms with Gasteiger partial charge in [-0.3, -0.25) is 4.74 Å². The monoisotopic (exact) mass is 208 g/mol. The summed E-state index contributed by atoms with van der Waals surface area (Å²) in [5, 5.41) is 7.99. The lowest BCUT2D eigenvalue weighted by Crippen LogP contribution is -2.43. The first-order valence-corrected chi connectivity index (χ1v) is 2.93. The molecule has 0 aliphatic heterocycles. The van der Waals surface area contributed by atoms with Crippen LogP contribution in [0.1, 0.15) is 6.92 Å². The molecule has 0 spiro atoms. The van der Waals surface area contributed by atoms with E-state index in [-0.39, 0.29) is 0 Å². The molecular formula is C5H5F5O3. The molecule has 0 bridgehead atoms. The van der Waals surface area contributed by atoms with Gasteiger partial charge >= 0.3 is 18.3 Å². The van der Waals surface area contributed by atoms with Gasteiger partial charge in [-0.25, -0.2) is 4.79 Å². The van der Waals surface area contributed by atoms with Crippen molar-refractivity contribution in [2.24, 2.45) is 0 Å². The quantitative estimate of drug-likeness (QED) is 0.717. The van der Waals surface area contributed by atoms with Gasteiger partial charge in [0.05, 0.1) is 0 Å². The summed E-state index contributed by atoms with van der Waals surface area (Å²) in [5.41, 5.74) is 0. The number of aliphatic carboxylic acids is 1. The molecule has 0 aromatic carbocycles. The highest BCUT2D eigenvalue weighted by Gasteiger charge is 2.60. The van der Waals surface area contributed by atoms with Crippen LogP contribution in [-0.4, -0.2) is 29.5 Å². The van der Waals surface area contributed by atoms with Gasteiger partial charge in [-0.15, -0.1) is 0 Å². The van der Waals surface area contributed by atoms with E-state index < -0.39 is 24.4 Å². The molecule has 0 aliphatic carbocycles. The molecule has 0 saturated heterocycles. The summed E-state index contributed by atoms with van der Waals surface area (Å²) in [7, 11) is 0. The minimum Gasteiger partial charge on any atom is -0.479 e. The summed E-state index contributed by atoms with van der Waals surface area (Å²) in [6.07, 6.45) is -13.6. The van der Waals surface area contributed by atoms with Crippen LogP contribution >= 0.6 is 0 Å². The Morgan fingerprint density at radius 1 is 1.31 bits per heavy atom. The summed E-state index contributed by atoms with van der Waals surface area (Å²) in [6.45, 7) is 0.571. The van der Waals surface area contributed by atoms with Gasteiger partial charge in [0.2, 0.25) is 0 Å². The SMILES string of the molecule is CC(OC(F)(F)C(F)(F)F)C(=O)O. The minimum absolute atomic E-state index is 0.571. The lowest BCUT2D eigenvalue weighted by Gasteiger charge is -2.21. The van der Waals surface area contributed by atoms with Crippen LogP contribution in [0.3, 0.4) is 0 Å². The van der Waals surface area contributed by atoms with Crippen molar-refractivity contribution in [2.45, 2.75) is 25.3 Å². The topological polar surface area (TPSA) is 46.5 Å². The summed E-state index contributed by atoms with van der Waals surface area (Å²) >= 11 is 0. The Bertz CT molecular complexity index is 199. The van der Waals surface area contributed by atoms with E-state index in [2.05, 4.69) is 4.74 Å². The molecule has 0 aliphatic rings. The van der Waals surface area contributed by atoms with E-state index in [4.69, 9.17) is 5.11 Å². The van der Waals surface area contributed by atoms with Crippen molar-refractivity contribution < 1.29 is 36.6 Å². The molecule has 1 atom stereocenters. The zero-order chi connectivity index (χ0) is 10.9. The highest BCUT2D eigenvalue weighted by atomic mass is 19.4. The Balaban J connectivity index is 4.43. The van der Waals surface area contributed by atoms with Crippen molar-refractivity contribution in [3.8, 4) is 0 Å². The standard InChI is InChI=1S/C5H5F5O3/c1-2(3(11)12)13-5(9,10)4(6,7)8/h2H,1H3,(H,11,12). The Morgan fingerprint density at radius 2 is 1.69 bits per heavy atom. The molecule has 0 saturated carbocycles. The van der Waals surface area contributed by atoms with Crippen LogP contribution in [0.25, 0.3) is 0 Å². The smallest absolute Gasteiger partial charge is 0.479 e. The molecule has 8 heteroatoms. The number of ether oxygens (including phenoxy) is 1. The first-order chi connectivity index (χ1) is 5.58. The molecule has 1 N–H and O–H groups in total. The van der Waals surface area contributed by atoms with E-state index in [1.807, 2.05) is 0 Å². The maximum absolute atomic E-state index is 11.9. The molecule has 0 fully saturated rings. The number of rotatable bonds is 3. The molecule has 0 rings (SSSR count). The minimum atomic E-state index is -5.91. The Hall–Kier alpha value is -0.920. The van der Waals surface area contributed by atoms with E-state index in [0.29, 0.717) is 6.92 Å². The number of carbonyl (C=O) groups is 1.